The second-order valence-corrected chi connectivity index (χ2v) is 5.07. The minimum absolute atomic E-state index is 0.00174. The van der Waals surface area contributed by atoms with Crippen LogP contribution in [0.25, 0.3) is 6.08 Å². The van der Waals surface area contributed by atoms with E-state index in [-0.39, 0.29) is 10.7 Å². The van der Waals surface area contributed by atoms with E-state index in [1.165, 1.54) is 25.1 Å². The summed E-state index contributed by atoms with van der Waals surface area (Å²) in [5.41, 5.74) is -0.874. The first-order chi connectivity index (χ1) is 8.80. The predicted molar refractivity (Wildman–Crippen MR) is 69.9 cm³/mol. The smallest absolute Gasteiger partial charge is 0.417 e. The standard InChI is InChI=1S/C13H13F3O2S/c1-9(17)19-7-3-2-4-10-5-6-11(18)8-12(10)13(14,15)16/h2,4-6,8,18H,3,7H2,1H3. The molecular weight excluding hydrogens is 277 g/mol. The van der Waals surface area contributed by atoms with Gasteiger partial charge in [0.2, 0.25) is 0 Å². The number of carbonyl (C=O) groups excluding carboxylic acids is 1. The molecule has 0 amide bonds. The van der Waals surface area contributed by atoms with Crippen molar-refractivity contribution >= 4 is 23.0 Å². The minimum Gasteiger partial charge on any atom is -0.508 e. The second-order valence-electron chi connectivity index (χ2n) is 3.80. The Bertz CT molecular complexity index is 481. The van der Waals surface area contributed by atoms with Gasteiger partial charge < -0.3 is 5.11 Å². The SMILES string of the molecule is CC(=O)SCCC=Cc1ccc(O)cc1C(F)(F)F. The van der Waals surface area contributed by atoms with Gasteiger partial charge in [0.25, 0.3) is 0 Å². The van der Waals surface area contributed by atoms with Crippen LogP contribution in [0.2, 0.25) is 0 Å². The Labute approximate surface area is 113 Å². The molecule has 1 aromatic rings. The molecule has 19 heavy (non-hydrogen) atoms. The molecule has 0 unspecified atom stereocenters. The number of halogens is 3. The van der Waals surface area contributed by atoms with Gasteiger partial charge in [-0.3, -0.25) is 4.79 Å². The topological polar surface area (TPSA) is 37.3 Å². The molecule has 0 atom stereocenters. The maximum absolute atomic E-state index is 12.7. The summed E-state index contributed by atoms with van der Waals surface area (Å²) in [6.45, 7) is 1.44. The van der Waals surface area contributed by atoms with Crippen molar-refractivity contribution in [3.63, 3.8) is 0 Å². The molecule has 1 aromatic carbocycles. The predicted octanol–water partition coefficient (Wildman–Crippen LogP) is 4.09. The van der Waals surface area contributed by atoms with Gasteiger partial charge in [0, 0.05) is 12.7 Å². The van der Waals surface area contributed by atoms with E-state index in [2.05, 4.69) is 0 Å². The van der Waals surface area contributed by atoms with E-state index in [0.717, 1.165) is 11.8 Å². The maximum Gasteiger partial charge on any atom is 0.417 e. The molecule has 0 aliphatic carbocycles. The van der Waals surface area contributed by atoms with Crippen LogP contribution in [0, 0.1) is 0 Å². The van der Waals surface area contributed by atoms with Crippen molar-refractivity contribution in [3.05, 3.63) is 35.4 Å². The van der Waals surface area contributed by atoms with E-state index >= 15 is 0 Å². The van der Waals surface area contributed by atoms with Crippen LogP contribution in [0.15, 0.2) is 24.3 Å². The number of hydrogen-bond acceptors (Lipinski definition) is 3. The molecule has 0 saturated carbocycles. The van der Waals surface area contributed by atoms with Gasteiger partial charge in [-0.05, 0) is 24.1 Å². The number of rotatable bonds is 4. The van der Waals surface area contributed by atoms with Crippen LogP contribution in [0.4, 0.5) is 13.2 Å². The molecule has 0 saturated heterocycles. The lowest BCUT2D eigenvalue weighted by Gasteiger charge is -2.10. The number of alkyl halides is 3. The van der Waals surface area contributed by atoms with Crippen LogP contribution in [-0.4, -0.2) is 16.0 Å². The largest absolute Gasteiger partial charge is 0.508 e. The molecular formula is C13H13F3O2S. The first-order valence-electron chi connectivity index (χ1n) is 5.51. The molecule has 1 rings (SSSR count). The van der Waals surface area contributed by atoms with Crippen LogP contribution in [0.3, 0.4) is 0 Å². The van der Waals surface area contributed by atoms with Crippen molar-refractivity contribution < 1.29 is 23.1 Å². The van der Waals surface area contributed by atoms with Gasteiger partial charge in [-0.1, -0.05) is 30.0 Å². The van der Waals surface area contributed by atoms with Crippen LogP contribution >= 0.6 is 11.8 Å². The summed E-state index contributed by atoms with van der Waals surface area (Å²) >= 11 is 1.13. The van der Waals surface area contributed by atoms with Gasteiger partial charge in [-0.2, -0.15) is 13.2 Å². The summed E-state index contributed by atoms with van der Waals surface area (Å²) in [7, 11) is 0. The van der Waals surface area contributed by atoms with E-state index in [9.17, 15) is 18.0 Å². The highest BCUT2D eigenvalue weighted by molar-refractivity contribution is 8.13. The molecule has 0 spiro atoms. The van der Waals surface area contributed by atoms with Gasteiger partial charge in [0.1, 0.15) is 5.75 Å². The summed E-state index contributed by atoms with van der Waals surface area (Å²) in [5, 5.41) is 9.09. The zero-order valence-electron chi connectivity index (χ0n) is 10.2. The molecule has 6 heteroatoms. The average Bonchev–Trinajstić information content (AvgIpc) is 2.28. The molecule has 0 aliphatic rings. The van der Waals surface area contributed by atoms with Gasteiger partial charge in [-0.15, -0.1) is 0 Å². The third-order valence-electron chi connectivity index (χ3n) is 2.23. The van der Waals surface area contributed by atoms with Crippen molar-refractivity contribution in [2.24, 2.45) is 0 Å². The number of thioether (sulfide) groups is 1. The minimum atomic E-state index is -4.51. The summed E-state index contributed by atoms with van der Waals surface area (Å²) < 4.78 is 38.1. The van der Waals surface area contributed by atoms with Crippen molar-refractivity contribution in [2.45, 2.75) is 19.5 Å². The normalized spacial score (nSPS) is 12.0. The Kier molecular flexibility index (Phi) is 5.47. The first kappa shape index (κ1) is 15.6. The van der Waals surface area contributed by atoms with Gasteiger partial charge in [0.05, 0.1) is 5.56 Å². The lowest BCUT2D eigenvalue weighted by Crippen LogP contribution is -2.07. The molecule has 0 heterocycles. The third kappa shape index (κ3) is 5.38. The lowest BCUT2D eigenvalue weighted by molar-refractivity contribution is -0.137. The summed E-state index contributed by atoms with van der Waals surface area (Å²) in [6, 6.07) is 3.12. The van der Waals surface area contributed by atoms with Crippen LogP contribution in [-0.2, 0) is 11.0 Å². The van der Waals surface area contributed by atoms with Crippen molar-refractivity contribution in [2.75, 3.05) is 5.75 Å². The fourth-order valence-electron chi connectivity index (χ4n) is 1.42. The molecule has 0 aromatic heterocycles. The number of hydrogen-bond donors (Lipinski definition) is 1. The van der Waals surface area contributed by atoms with E-state index in [4.69, 9.17) is 5.11 Å². The molecule has 1 N–H and O–H groups in total. The number of phenols is 1. The molecule has 104 valence electrons. The monoisotopic (exact) mass is 290 g/mol. The van der Waals surface area contributed by atoms with Crippen molar-refractivity contribution in [1.82, 2.24) is 0 Å². The van der Waals surface area contributed by atoms with Crippen LogP contribution in [0.1, 0.15) is 24.5 Å². The zero-order chi connectivity index (χ0) is 14.5. The van der Waals surface area contributed by atoms with Crippen molar-refractivity contribution in [1.29, 1.82) is 0 Å². The summed E-state index contributed by atoms with van der Waals surface area (Å²) in [6.07, 6.45) is -1.07. The third-order valence-corrected chi connectivity index (χ3v) is 3.08. The molecule has 0 aliphatic heterocycles. The number of phenolic OH excluding ortho intramolecular Hbond substituents is 1. The second kappa shape index (κ2) is 6.65. The van der Waals surface area contributed by atoms with E-state index < -0.39 is 17.5 Å². The molecule has 2 nitrogen and oxygen atoms in total. The fourth-order valence-corrected chi connectivity index (χ4v) is 1.96. The van der Waals surface area contributed by atoms with Gasteiger partial charge in [-0.25, -0.2) is 0 Å². The van der Waals surface area contributed by atoms with E-state index in [1.807, 2.05) is 0 Å². The summed E-state index contributed by atoms with van der Waals surface area (Å²) in [5.74, 6) is 0.113. The highest BCUT2D eigenvalue weighted by atomic mass is 32.2. The average molecular weight is 290 g/mol. The maximum atomic E-state index is 12.7. The van der Waals surface area contributed by atoms with E-state index in [0.29, 0.717) is 18.2 Å². The zero-order valence-corrected chi connectivity index (χ0v) is 11.0. The van der Waals surface area contributed by atoms with Crippen LogP contribution < -0.4 is 0 Å². The van der Waals surface area contributed by atoms with Crippen molar-refractivity contribution in [3.8, 4) is 5.75 Å². The Morgan fingerprint density at radius 3 is 2.68 bits per heavy atom. The van der Waals surface area contributed by atoms with Crippen LogP contribution in [0.5, 0.6) is 5.75 Å². The quantitative estimate of drug-likeness (QED) is 0.848. The summed E-state index contributed by atoms with van der Waals surface area (Å²) in [4.78, 5) is 10.7. The highest BCUT2D eigenvalue weighted by Crippen LogP contribution is 2.34. The van der Waals surface area contributed by atoms with E-state index in [1.54, 1.807) is 6.08 Å². The Morgan fingerprint density at radius 1 is 1.42 bits per heavy atom. The van der Waals surface area contributed by atoms with Gasteiger partial charge in [0.15, 0.2) is 5.12 Å². The Hall–Kier alpha value is -1.43. The Balaban J connectivity index is 2.78. The number of allylic oxidation sites excluding steroid dienone is 1. The first-order valence-corrected chi connectivity index (χ1v) is 6.49. The highest BCUT2D eigenvalue weighted by Gasteiger charge is 2.33. The number of benzene rings is 1. The molecule has 0 fully saturated rings. The van der Waals surface area contributed by atoms with Gasteiger partial charge >= 0.3 is 6.18 Å². The number of aromatic hydroxyl groups is 1. The lowest BCUT2D eigenvalue weighted by atomic mass is 10.1. The number of carbonyl (C=O) groups is 1. The molecule has 0 radical (unpaired) electrons. The molecule has 0 bridgehead atoms. The Morgan fingerprint density at radius 2 is 2.11 bits per heavy atom. The fraction of sp³-hybridized carbons (Fsp3) is 0.308.